The van der Waals surface area contributed by atoms with E-state index >= 15 is 0 Å². The van der Waals surface area contributed by atoms with Gasteiger partial charge in [-0.25, -0.2) is 14.4 Å². The first-order valence-electron chi connectivity index (χ1n) is 18.6. The van der Waals surface area contributed by atoms with E-state index in [2.05, 4.69) is 0 Å². The van der Waals surface area contributed by atoms with Crippen molar-refractivity contribution in [3.05, 3.63) is 94.2 Å². The van der Waals surface area contributed by atoms with Gasteiger partial charge in [0.25, 0.3) is 40.5 Å². The van der Waals surface area contributed by atoms with Crippen molar-refractivity contribution in [2.24, 2.45) is 0 Å². The Bertz CT molecular complexity index is 2540. The molecular weight excluding hydrogens is 901 g/mol. The SMILES string of the molecule is C\C(=C/C=C/C=C/C(C)=[N+](\CCCS(=O)(=O)O)c1cc(C(=O)OCCCS(=O)(=O)O)cc(C(=O)OCCCS(=O)(=O)O)c1C)N(CCCS(=O)(=O)O)c1cccc(C(=O)O)c1C. The Morgan fingerprint density at radius 2 is 1.21 bits per heavy atom. The molecular formula is C38H51N2O18S4+. The number of aromatic carboxylic acids is 1. The molecule has 0 fully saturated rings. The highest BCUT2D eigenvalue weighted by atomic mass is 32.2. The zero-order valence-electron chi connectivity index (χ0n) is 34.3. The zero-order chi connectivity index (χ0) is 47.1. The number of allylic oxidation sites excluding steroid dienone is 6. The number of hydrogen-bond acceptors (Lipinski definition) is 14. The minimum Gasteiger partial charge on any atom is -0.478 e. The summed E-state index contributed by atoms with van der Waals surface area (Å²) in [5.74, 6) is -5.80. The van der Waals surface area contributed by atoms with Crippen LogP contribution in [-0.4, -0.2) is 134 Å². The lowest BCUT2D eigenvalue weighted by molar-refractivity contribution is -0.440. The van der Waals surface area contributed by atoms with Crippen molar-refractivity contribution in [1.82, 2.24) is 0 Å². The topological polar surface area (TPSA) is 314 Å². The molecule has 0 saturated carbocycles. The fourth-order valence-electron chi connectivity index (χ4n) is 5.85. The van der Waals surface area contributed by atoms with Crippen LogP contribution in [0.2, 0.25) is 0 Å². The monoisotopic (exact) mass is 951 g/mol. The molecule has 62 heavy (non-hydrogen) atoms. The van der Waals surface area contributed by atoms with E-state index in [4.69, 9.17) is 18.6 Å². The van der Waals surface area contributed by atoms with Crippen LogP contribution in [0.15, 0.2) is 66.4 Å². The van der Waals surface area contributed by atoms with E-state index in [1.54, 1.807) is 68.2 Å². The molecule has 2 aromatic rings. The van der Waals surface area contributed by atoms with Gasteiger partial charge in [-0.1, -0.05) is 24.3 Å². The second-order valence-electron chi connectivity index (χ2n) is 13.7. The lowest BCUT2D eigenvalue weighted by Gasteiger charge is -2.27. The van der Waals surface area contributed by atoms with Gasteiger partial charge in [-0.15, -0.1) is 0 Å². The molecule has 2 rings (SSSR count). The maximum atomic E-state index is 13.3. The summed E-state index contributed by atoms with van der Waals surface area (Å²) in [5.41, 5.74) is 1.87. The number of nitrogens with zero attached hydrogens (tertiary/aromatic N) is 2. The van der Waals surface area contributed by atoms with Crippen molar-refractivity contribution in [2.45, 2.75) is 53.4 Å². The van der Waals surface area contributed by atoms with E-state index in [1.165, 1.54) is 23.6 Å². The number of carboxylic acids is 1. The van der Waals surface area contributed by atoms with Crippen LogP contribution in [0.4, 0.5) is 11.4 Å². The standard InChI is InChI=1S/C38H50N2O18S4/c1-27(39(17-9-21-59(45,46)47)34-16-8-15-32(29(34)3)36(41)42)13-6-5-7-14-28(2)40(18-10-22-60(48,49)50)35-26-31(37(43)57-19-11-23-61(51,52)53)25-33(30(35)4)38(44)58-20-12-24-62(54,55)56/h5-8,13-16,25-26H,9-12,17-24H2,1-4H3,(H4-,41,42,45,46,47,48,49,50,51,52,53,54,55,56)/p+1. The van der Waals surface area contributed by atoms with E-state index in [9.17, 15) is 62.3 Å². The van der Waals surface area contributed by atoms with Gasteiger partial charge in [-0.05, 0) is 69.9 Å². The average Bonchev–Trinajstić information content (AvgIpc) is 3.13. The van der Waals surface area contributed by atoms with E-state index < -0.39 is 94.6 Å². The molecule has 0 saturated heterocycles. The summed E-state index contributed by atoms with van der Waals surface area (Å²) < 4.78 is 139. The normalized spacial score (nSPS) is 13.3. The molecule has 5 N–H and O–H groups in total. The number of carbonyl (C=O) groups excluding carboxylic acids is 2. The molecule has 0 atom stereocenters. The van der Waals surface area contributed by atoms with Gasteiger partial charge < -0.3 is 19.5 Å². The highest BCUT2D eigenvalue weighted by Crippen LogP contribution is 2.28. The van der Waals surface area contributed by atoms with E-state index in [0.29, 0.717) is 22.7 Å². The summed E-state index contributed by atoms with van der Waals surface area (Å²) in [6, 6.07) is 7.08. The second kappa shape index (κ2) is 23.6. The van der Waals surface area contributed by atoms with Crippen molar-refractivity contribution in [2.75, 3.05) is 54.2 Å². The molecule has 0 aliphatic heterocycles. The summed E-state index contributed by atoms with van der Waals surface area (Å²) in [6.45, 7) is 5.51. The Balaban J connectivity index is 2.66. The fourth-order valence-corrected chi connectivity index (χ4v) is 7.80. The molecule has 0 aliphatic rings. The van der Waals surface area contributed by atoms with Gasteiger partial charge in [0.05, 0.1) is 52.9 Å². The predicted molar refractivity (Wildman–Crippen MR) is 229 cm³/mol. The summed E-state index contributed by atoms with van der Waals surface area (Å²) in [4.78, 5) is 40.0. The number of carboxylic acid groups (broad SMARTS) is 1. The number of ether oxygens (including phenoxy) is 2. The molecule has 2 aromatic carbocycles. The molecule has 0 aliphatic carbocycles. The highest BCUT2D eigenvalue weighted by molar-refractivity contribution is 7.86. The first-order chi connectivity index (χ1) is 28.6. The van der Waals surface area contributed by atoms with E-state index in [1.807, 2.05) is 0 Å². The highest BCUT2D eigenvalue weighted by Gasteiger charge is 2.26. The largest absolute Gasteiger partial charge is 0.478 e. The molecule has 0 amide bonds. The minimum absolute atomic E-state index is 0.00575. The zero-order valence-corrected chi connectivity index (χ0v) is 37.6. The van der Waals surface area contributed by atoms with Crippen LogP contribution in [0, 0.1) is 13.8 Å². The Kier molecular flexibility index (Phi) is 20.3. The van der Waals surface area contributed by atoms with Gasteiger partial charge in [-0.3, -0.25) is 18.2 Å². The van der Waals surface area contributed by atoms with Crippen molar-refractivity contribution >= 4 is 75.5 Å². The minimum atomic E-state index is -4.43. The maximum absolute atomic E-state index is 13.3. The van der Waals surface area contributed by atoms with Gasteiger partial charge in [0.15, 0.2) is 5.71 Å². The first-order valence-corrected chi connectivity index (χ1v) is 25.1. The summed E-state index contributed by atoms with van der Waals surface area (Å²) in [6.07, 6.45) is 7.37. The Hall–Kier alpha value is -4.82. The number of esters is 2. The summed E-state index contributed by atoms with van der Waals surface area (Å²) in [7, 11) is -17.4. The van der Waals surface area contributed by atoms with Crippen molar-refractivity contribution in [3.8, 4) is 0 Å². The van der Waals surface area contributed by atoms with E-state index in [0.717, 1.165) is 6.07 Å². The molecule has 0 spiro atoms. The van der Waals surface area contributed by atoms with Crippen LogP contribution in [0.1, 0.15) is 81.7 Å². The Labute approximate surface area is 361 Å². The number of anilines is 1. The first kappa shape index (κ1) is 53.3. The molecule has 20 nitrogen and oxygen atoms in total. The smallest absolute Gasteiger partial charge is 0.338 e. The molecule has 0 unspecified atom stereocenters. The van der Waals surface area contributed by atoms with Gasteiger partial charge in [0.2, 0.25) is 5.69 Å². The second-order valence-corrected chi connectivity index (χ2v) is 20.0. The number of hydrogen-bond donors (Lipinski definition) is 5. The maximum Gasteiger partial charge on any atom is 0.338 e. The third-order valence-electron chi connectivity index (χ3n) is 8.83. The molecule has 0 heterocycles. The summed E-state index contributed by atoms with van der Waals surface area (Å²) in [5, 5.41) is 9.65. The van der Waals surface area contributed by atoms with Crippen LogP contribution < -0.4 is 4.90 Å². The summed E-state index contributed by atoms with van der Waals surface area (Å²) >= 11 is 0. The molecule has 344 valence electrons. The fraction of sp³-hybridized carbons (Fsp3) is 0.421. The Morgan fingerprint density at radius 3 is 1.76 bits per heavy atom. The van der Waals surface area contributed by atoms with E-state index in [-0.39, 0.29) is 66.7 Å². The lowest BCUT2D eigenvalue weighted by Crippen LogP contribution is -2.25. The van der Waals surface area contributed by atoms with Gasteiger partial charge in [-0.2, -0.15) is 38.2 Å². The quantitative estimate of drug-likeness (QED) is 0.0234. The van der Waals surface area contributed by atoms with Crippen LogP contribution >= 0.6 is 0 Å². The van der Waals surface area contributed by atoms with Gasteiger partial charge >= 0.3 is 17.9 Å². The third-order valence-corrected chi connectivity index (χ3v) is 12.0. The van der Waals surface area contributed by atoms with Crippen molar-refractivity contribution in [3.63, 3.8) is 0 Å². The van der Waals surface area contributed by atoms with Crippen molar-refractivity contribution < 1.29 is 85.4 Å². The van der Waals surface area contributed by atoms with Gasteiger partial charge in [0.1, 0.15) is 6.54 Å². The average molecular weight is 952 g/mol. The number of carbonyl (C=O) groups is 3. The molecule has 0 radical (unpaired) electrons. The van der Waals surface area contributed by atoms with Crippen LogP contribution in [0.25, 0.3) is 0 Å². The number of benzene rings is 2. The Morgan fingerprint density at radius 1 is 0.677 bits per heavy atom. The predicted octanol–water partition coefficient (Wildman–Crippen LogP) is 4.05. The van der Waals surface area contributed by atoms with Crippen LogP contribution in [0.3, 0.4) is 0 Å². The third kappa shape index (κ3) is 19.5. The molecule has 0 bridgehead atoms. The van der Waals surface area contributed by atoms with Crippen molar-refractivity contribution in [1.29, 1.82) is 0 Å². The molecule has 24 heteroatoms. The van der Waals surface area contributed by atoms with Gasteiger partial charge in [0, 0.05) is 49.0 Å². The lowest BCUT2D eigenvalue weighted by atomic mass is 10.0. The molecule has 0 aromatic heterocycles. The van der Waals surface area contributed by atoms with Crippen LogP contribution in [-0.2, 0) is 49.9 Å². The van der Waals surface area contributed by atoms with Crippen LogP contribution in [0.5, 0.6) is 0 Å². The number of rotatable bonds is 25.